The van der Waals surface area contributed by atoms with Crippen LogP contribution in [0.15, 0.2) is 23.4 Å². The highest BCUT2D eigenvalue weighted by molar-refractivity contribution is 6.05. The molecule has 3 rings (SSSR count). The molecule has 10 heteroatoms. The van der Waals surface area contributed by atoms with Crippen molar-refractivity contribution in [3.8, 4) is 0 Å². The summed E-state index contributed by atoms with van der Waals surface area (Å²) in [6.45, 7) is 0.119. The van der Waals surface area contributed by atoms with Crippen molar-refractivity contribution >= 4 is 17.6 Å². The molecule has 1 amide bonds. The molecule has 1 unspecified atom stereocenters. The van der Waals surface area contributed by atoms with Crippen molar-refractivity contribution in [1.29, 1.82) is 0 Å². The smallest absolute Gasteiger partial charge is 0.335 e. The summed E-state index contributed by atoms with van der Waals surface area (Å²) >= 11 is 0. The normalized spacial score (nSPS) is 27.0. The van der Waals surface area contributed by atoms with Crippen molar-refractivity contribution in [1.82, 2.24) is 5.32 Å². The number of esters is 1. The molecule has 0 aromatic heterocycles. The van der Waals surface area contributed by atoms with Gasteiger partial charge in [0.05, 0.1) is 31.9 Å². The Balaban J connectivity index is 1.67. The standard InChI is InChI=1S/C17H18F2N2O6/c1-24-15(22)14-6-12(8-26-14)20-16(23)17(25-2)7-13(21-27-17)9-3-10(18)5-11(19)4-9/h3-5,12,14H,6-8H2,1-2H3,(H,20,23)/t12-,14-,17?/m1/s1. The summed E-state index contributed by atoms with van der Waals surface area (Å²) in [5, 5.41) is 6.43. The molecular formula is C17H18F2N2O6. The molecule has 1 aromatic carbocycles. The fourth-order valence-electron chi connectivity index (χ4n) is 2.93. The number of carbonyl (C=O) groups excluding carboxylic acids is 2. The Kier molecular flexibility index (Phi) is 5.38. The Bertz CT molecular complexity index is 766. The first-order valence-corrected chi connectivity index (χ1v) is 8.14. The van der Waals surface area contributed by atoms with Crippen LogP contribution in [0.2, 0.25) is 0 Å². The van der Waals surface area contributed by atoms with Gasteiger partial charge >= 0.3 is 11.8 Å². The van der Waals surface area contributed by atoms with E-state index in [1.165, 1.54) is 14.2 Å². The van der Waals surface area contributed by atoms with Crippen LogP contribution in [-0.4, -0.2) is 56.3 Å². The maximum Gasteiger partial charge on any atom is 0.335 e. The summed E-state index contributed by atoms with van der Waals surface area (Å²) in [6.07, 6.45) is -0.668. The van der Waals surface area contributed by atoms with Gasteiger partial charge in [-0.25, -0.2) is 13.6 Å². The number of hydrogen-bond acceptors (Lipinski definition) is 7. The van der Waals surface area contributed by atoms with E-state index in [4.69, 9.17) is 14.3 Å². The van der Waals surface area contributed by atoms with Crippen LogP contribution < -0.4 is 5.32 Å². The molecule has 1 N–H and O–H groups in total. The molecule has 1 saturated heterocycles. The SMILES string of the molecule is COC(=O)[C@H]1C[C@@H](NC(=O)C2(OC)CC(c3cc(F)cc(F)c3)=NO2)CO1. The number of nitrogens with one attached hydrogen (secondary N) is 1. The maximum absolute atomic E-state index is 13.4. The first-order valence-electron chi connectivity index (χ1n) is 8.14. The fraction of sp³-hybridized carbons (Fsp3) is 0.471. The summed E-state index contributed by atoms with van der Waals surface area (Å²) in [4.78, 5) is 29.3. The van der Waals surface area contributed by atoms with Gasteiger partial charge in [0.25, 0.3) is 5.91 Å². The predicted octanol–water partition coefficient (Wildman–Crippen LogP) is 0.879. The third kappa shape index (κ3) is 3.91. The maximum atomic E-state index is 13.4. The lowest BCUT2D eigenvalue weighted by Gasteiger charge is -2.25. The van der Waals surface area contributed by atoms with Gasteiger partial charge in [0.15, 0.2) is 6.10 Å². The Morgan fingerprint density at radius 3 is 2.59 bits per heavy atom. The van der Waals surface area contributed by atoms with E-state index in [0.717, 1.165) is 18.2 Å². The minimum absolute atomic E-state index is 0.119. The minimum Gasteiger partial charge on any atom is -0.467 e. The molecule has 1 aromatic rings. The third-order valence-electron chi connectivity index (χ3n) is 4.37. The van der Waals surface area contributed by atoms with Gasteiger partial charge < -0.3 is 24.4 Å². The lowest BCUT2D eigenvalue weighted by atomic mass is 10.0. The van der Waals surface area contributed by atoms with Crippen molar-refractivity contribution < 1.29 is 37.4 Å². The van der Waals surface area contributed by atoms with E-state index in [1.807, 2.05) is 0 Å². The van der Waals surface area contributed by atoms with Gasteiger partial charge in [0.2, 0.25) is 0 Å². The van der Waals surface area contributed by atoms with E-state index in [2.05, 4.69) is 15.2 Å². The summed E-state index contributed by atoms with van der Waals surface area (Å²) in [5.41, 5.74) is 0.315. The number of ether oxygens (including phenoxy) is 3. The molecule has 0 bridgehead atoms. The third-order valence-corrected chi connectivity index (χ3v) is 4.37. The average molecular weight is 384 g/mol. The number of benzene rings is 1. The van der Waals surface area contributed by atoms with Gasteiger partial charge in [-0.05, 0) is 12.1 Å². The van der Waals surface area contributed by atoms with Gasteiger partial charge in [-0.2, -0.15) is 0 Å². The van der Waals surface area contributed by atoms with Gasteiger partial charge in [0.1, 0.15) is 11.6 Å². The highest BCUT2D eigenvalue weighted by Gasteiger charge is 2.49. The number of carbonyl (C=O) groups is 2. The fourth-order valence-corrected chi connectivity index (χ4v) is 2.93. The topological polar surface area (TPSA) is 95.5 Å². The van der Waals surface area contributed by atoms with Crippen LogP contribution in [0.1, 0.15) is 18.4 Å². The second-order valence-electron chi connectivity index (χ2n) is 6.17. The van der Waals surface area contributed by atoms with Crippen LogP contribution in [0.4, 0.5) is 8.78 Å². The average Bonchev–Trinajstić information content (AvgIpc) is 3.28. The molecule has 0 aliphatic carbocycles. The molecular weight excluding hydrogens is 366 g/mol. The molecule has 146 valence electrons. The van der Waals surface area contributed by atoms with Crippen LogP contribution >= 0.6 is 0 Å². The van der Waals surface area contributed by atoms with Crippen molar-refractivity contribution in [2.75, 3.05) is 20.8 Å². The first kappa shape index (κ1) is 19.2. The second-order valence-corrected chi connectivity index (χ2v) is 6.17. The summed E-state index contributed by atoms with van der Waals surface area (Å²) in [7, 11) is 2.50. The Labute approximate surface area is 153 Å². The highest BCUT2D eigenvalue weighted by Crippen LogP contribution is 2.29. The number of methoxy groups -OCH3 is 2. The van der Waals surface area contributed by atoms with Crippen LogP contribution in [0.5, 0.6) is 0 Å². The van der Waals surface area contributed by atoms with Crippen LogP contribution in [0.25, 0.3) is 0 Å². The molecule has 2 heterocycles. The molecule has 0 radical (unpaired) electrons. The number of oxime groups is 1. The lowest BCUT2D eigenvalue weighted by molar-refractivity contribution is -0.209. The van der Waals surface area contributed by atoms with E-state index >= 15 is 0 Å². The van der Waals surface area contributed by atoms with Crippen LogP contribution in [0.3, 0.4) is 0 Å². The van der Waals surface area contributed by atoms with Crippen LogP contribution in [-0.2, 0) is 28.6 Å². The van der Waals surface area contributed by atoms with Crippen molar-refractivity contribution in [2.24, 2.45) is 5.16 Å². The quantitative estimate of drug-likeness (QED) is 0.758. The molecule has 8 nitrogen and oxygen atoms in total. The van der Waals surface area contributed by atoms with Gasteiger partial charge in [0, 0.05) is 25.2 Å². The zero-order valence-corrected chi connectivity index (χ0v) is 14.7. The molecule has 0 spiro atoms. The van der Waals surface area contributed by atoms with Crippen molar-refractivity contribution in [2.45, 2.75) is 30.8 Å². The number of halogens is 2. The molecule has 2 aliphatic rings. The first-order chi connectivity index (χ1) is 12.9. The van der Waals surface area contributed by atoms with E-state index < -0.39 is 41.4 Å². The monoisotopic (exact) mass is 384 g/mol. The Morgan fingerprint density at radius 1 is 1.26 bits per heavy atom. The zero-order valence-electron chi connectivity index (χ0n) is 14.7. The summed E-state index contributed by atoms with van der Waals surface area (Å²) < 4.78 is 41.9. The molecule has 3 atom stereocenters. The predicted molar refractivity (Wildman–Crippen MR) is 86.6 cm³/mol. The van der Waals surface area contributed by atoms with Gasteiger partial charge in [-0.15, -0.1) is 0 Å². The minimum atomic E-state index is -1.78. The summed E-state index contributed by atoms with van der Waals surface area (Å²) in [5.74, 6) is -4.49. The van der Waals surface area contributed by atoms with Crippen LogP contribution in [0, 0.1) is 11.6 Å². The Hall–Kier alpha value is -2.59. The van der Waals surface area contributed by atoms with Crippen molar-refractivity contribution in [3.63, 3.8) is 0 Å². The molecule has 1 fully saturated rings. The number of amides is 1. The lowest BCUT2D eigenvalue weighted by Crippen LogP contribution is -2.52. The van der Waals surface area contributed by atoms with E-state index in [-0.39, 0.29) is 30.7 Å². The number of hydrogen-bond donors (Lipinski definition) is 1. The molecule has 0 saturated carbocycles. The number of rotatable bonds is 5. The van der Waals surface area contributed by atoms with E-state index in [0.29, 0.717) is 0 Å². The van der Waals surface area contributed by atoms with Crippen molar-refractivity contribution in [3.05, 3.63) is 35.4 Å². The largest absolute Gasteiger partial charge is 0.467 e. The molecule has 2 aliphatic heterocycles. The van der Waals surface area contributed by atoms with E-state index in [9.17, 15) is 18.4 Å². The Morgan fingerprint density at radius 2 is 1.96 bits per heavy atom. The van der Waals surface area contributed by atoms with Gasteiger partial charge in [-0.1, -0.05) is 5.16 Å². The zero-order chi connectivity index (χ0) is 19.6. The van der Waals surface area contributed by atoms with Gasteiger partial charge in [-0.3, -0.25) is 4.79 Å². The summed E-state index contributed by atoms with van der Waals surface area (Å²) in [6, 6.07) is 2.45. The second kappa shape index (κ2) is 7.57. The highest BCUT2D eigenvalue weighted by atomic mass is 19.1. The molecule has 27 heavy (non-hydrogen) atoms. The number of nitrogens with zero attached hydrogens (tertiary/aromatic N) is 1. The van der Waals surface area contributed by atoms with E-state index in [1.54, 1.807) is 0 Å².